The van der Waals surface area contributed by atoms with Crippen LogP contribution >= 0.6 is 0 Å². The molecule has 0 heterocycles. The van der Waals surface area contributed by atoms with Gasteiger partial charge in [-0.05, 0) is 60.7 Å². The molecule has 0 spiro atoms. The first-order valence-electron chi connectivity index (χ1n) is 8.39. The van der Waals surface area contributed by atoms with E-state index in [0.29, 0.717) is 22.6 Å². The van der Waals surface area contributed by atoms with E-state index in [2.05, 4.69) is 0 Å². The normalized spacial score (nSPS) is 10.0. The van der Waals surface area contributed by atoms with Crippen molar-refractivity contribution in [2.75, 3.05) is 0 Å². The number of esters is 3. The minimum atomic E-state index is -0.575. The SMILES string of the molecule is CC(=O)Oc1ccc(C(=O)Oc2ccc(C(=O)Oc3ccccc3)cc2)cc1. The maximum Gasteiger partial charge on any atom is 0.343 e. The molecule has 0 bridgehead atoms. The fourth-order valence-corrected chi connectivity index (χ4v) is 2.30. The summed E-state index contributed by atoms with van der Waals surface area (Å²) in [5.41, 5.74) is 0.623. The van der Waals surface area contributed by atoms with Gasteiger partial charge >= 0.3 is 17.9 Å². The third-order valence-corrected chi connectivity index (χ3v) is 3.61. The summed E-state index contributed by atoms with van der Waals surface area (Å²) < 4.78 is 15.4. The Labute approximate surface area is 161 Å². The molecule has 0 N–H and O–H groups in total. The van der Waals surface area contributed by atoms with E-state index in [4.69, 9.17) is 14.2 Å². The fraction of sp³-hybridized carbons (Fsp3) is 0.0455. The number of para-hydroxylation sites is 1. The van der Waals surface area contributed by atoms with Crippen molar-refractivity contribution in [2.24, 2.45) is 0 Å². The van der Waals surface area contributed by atoms with Crippen molar-refractivity contribution >= 4 is 17.9 Å². The quantitative estimate of drug-likeness (QED) is 0.494. The Kier molecular flexibility index (Phi) is 5.81. The predicted molar refractivity (Wildman–Crippen MR) is 101 cm³/mol. The summed E-state index contributed by atoms with van der Waals surface area (Å²) in [5, 5.41) is 0. The number of hydrogen-bond donors (Lipinski definition) is 0. The van der Waals surface area contributed by atoms with Crippen LogP contribution in [0.15, 0.2) is 78.9 Å². The molecule has 6 nitrogen and oxygen atoms in total. The van der Waals surface area contributed by atoms with E-state index in [9.17, 15) is 14.4 Å². The summed E-state index contributed by atoms with van der Waals surface area (Å²) >= 11 is 0. The van der Waals surface area contributed by atoms with Crippen molar-refractivity contribution < 1.29 is 28.6 Å². The molecule has 0 atom stereocenters. The maximum absolute atomic E-state index is 12.2. The van der Waals surface area contributed by atoms with Crippen LogP contribution in [0.25, 0.3) is 0 Å². The predicted octanol–water partition coefficient (Wildman–Crippen LogP) is 4.05. The van der Waals surface area contributed by atoms with Gasteiger partial charge in [-0.25, -0.2) is 9.59 Å². The number of carbonyl (C=O) groups excluding carboxylic acids is 3. The van der Waals surface area contributed by atoms with Gasteiger partial charge in [0.2, 0.25) is 0 Å². The molecule has 3 aromatic rings. The minimum absolute atomic E-state index is 0.283. The summed E-state index contributed by atoms with van der Waals surface area (Å²) in [7, 11) is 0. The number of carbonyl (C=O) groups is 3. The highest BCUT2D eigenvalue weighted by atomic mass is 16.5. The zero-order valence-electron chi connectivity index (χ0n) is 15.0. The van der Waals surface area contributed by atoms with Gasteiger partial charge in [-0.15, -0.1) is 0 Å². The van der Waals surface area contributed by atoms with Gasteiger partial charge < -0.3 is 14.2 Å². The first-order valence-corrected chi connectivity index (χ1v) is 8.39. The van der Waals surface area contributed by atoms with Crippen molar-refractivity contribution in [1.82, 2.24) is 0 Å². The van der Waals surface area contributed by atoms with E-state index in [0.717, 1.165) is 0 Å². The molecule has 140 valence electrons. The second-order valence-corrected chi connectivity index (χ2v) is 5.73. The van der Waals surface area contributed by atoms with Crippen molar-refractivity contribution in [1.29, 1.82) is 0 Å². The largest absolute Gasteiger partial charge is 0.427 e. The lowest BCUT2D eigenvalue weighted by Crippen LogP contribution is -2.10. The molecule has 0 saturated heterocycles. The van der Waals surface area contributed by atoms with Crippen LogP contribution in [0.4, 0.5) is 0 Å². The number of hydrogen-bond acceptors (Lipinski definition) is 6. The Morgan fingerprint density at radius 1 is 0.536 bits per heavy atom. The van der Waals surface area contributed by atoms with Crippen LogP contribution in [0.5, 0.6) is 17.2 Å². The Balaban J connectivity index is 1.61. The Morgan fingerprint density at radius 2 is 0.929 bits per heavy atom. The number of benzene rings is 3. The Bertz CT molecular complexity index is 976. The maximum atomic E-state index is 12.2. The average molecular weight is 376 g/mol. The Hall–Kier alpha value is -3.93. The third kappa shape index (κ3) is 5.04. The van der Waals surface area contributed by atoms with Crippen LogP contribution in [-0.4, -0.2) is 17.9 Å². The summed E-state index contributed by atoms with van der Waals surface area (Å²) in [6.45, 7) is 1.29. The van der Waals surface area contributed by atoms with Crippen molar-refractivity contribution in [3.63, 3.8) is 0 Å². The lowest BCUT2D eigenvalue weighted by molar-refractivity contribution is -0.131. The summed E-state index contributed by atoms with van der Waals surface area (Å²) in [5.74, 6) is -0.462. The second kappa shape index (κ2) is 8.64. The monoisotopic (exact) mass is 376 g/mol. The van der Waals surface area contributed by atoms with Gasteiger partial charge in [-0.2, -0.15) is 0 Å². The van der Waals surface area contributed by atoms with Gasteiger partial charge in [-0.1, -0.05) is 18.2 Å². The van der Waals surface area contributed by atoms with Crippen LogP contribution in [0.1, 0.15) is 27.6 Å². The molecule has 0 aliphatic carbocycles. The molecule has 0 aliphatic heterocycles. The minimum Gasteiger partial charge on any atom is -0.427 e. The number of ether oxygens (including phenoxy) is 3. The summed E-state index contributed by atoms with van der Waals surface area (Å²) in [6.07, 6.45) is 0. The zero-order chi connectivity index (χ0) is 19.9. The van der Waals surface area contributed by atoms with Gasteiger partial charge in [0.1, 0.15) is 17.2 Å². The fourth-order valence-electron chi connectivity index (χ4n) is 2.30. The molecular weight excluding hydrogens is 360 g/mol. The molecule has 3 aromatic carbocycles. The van der Waals surface area contributed by atoms with Crippen LogP contribution in [-0.2, 0) is 4.79 Å². The van der Waals surface area contributed by atoms with E-state index in [1.54, 1.807) is 24.3 Å². The molecule has 0 aromatic heterocycles. The molecule has 0 amide bonds. The van der Waals surface area contributed by atoms with Gasteiger partial charge in [0.25, 0.3) is 0 Å². The molecule has 0 saturated carbocycles. The van der Waals surface area contributed by atoms with Crippen molar-refractivity contribution in [3.05, 3.63) is 90.0 Å². The Morgan fingerprint density at radius 3 is 1.36 bits per heavy atom. The lowest BCUT2D eigenvalue weighted by Gasteiger charge is -2.07. The first-order chi connectivity index (χ1) is 13.5. The van der Waals surface area contributed by atoms with Crippen LogP contribution < -0.4 is 14.2 Å². The van der Waals surface area contributed by atoms with Gasteiger partial charge in [0.15, 0.2) is 0 Å². The van der Waals surface area contributed by atoms with Gasteiger partial charge in [-0.3, -0.25) is 4.79 Å². The molecule has 28 heavy (non-hydrogen) atoms. The van der Waals surface area contributed by atoms with Crippen LogP contribution in [0.2, 0.25) is 0 Å². The highest BCUT2D eigenvalue weighted by Crippen LogP contribution is 2.18. The van der Waals surface area contributed by atoms with E-state index < -0.39 is 17.9 Å². The molecule has 0 fully saturated rings. The molecular formula is C22H16O6. The second-order valence-electron chi connectivity index (χ2n) is 5.73. The van der Waals surface area contributed by atoms with E-state index in [1.165, 1.54) is 55.5 Å². The first kappa shape index (κ1) is 18.8. The third-order valence-electron chi connectivity index (χ3n) is 3.61. The zero-order valence-corrected chi connectivity index (χ0v) is 15.0. The molecule has 0 unspecified atom stereocenters. The van der Waals surface area contributed by atoms with Gasteiger partial charge in [0.05, 0.1) is 11.1 Å². The topological polar surface area (TPSA) is 78.9 Å². The van der Waals surface area contributed by atoms with E-state index in [-0.39, 0.29) is 5.75 Å². The summed E-state index contributed by atoms with van der Waals surface area (Å²) in [4.78, 5) is 35.2. The van der Waals surface area contributed by atoms with Crippen LogP contribution in [0.3, 0.4) is 0 Å². The summed E-state index contributed by atoms with van der Waals surface area (Å²) in [6, 6.07) is 20.7. The average Bonchev–Trinajstić information content (AvgIpc) is 2.69. The van der Waals surface area contributed by atoms with Gasteiger partial charge in [0, 0.05) is 6.92 Å². The van der Waals surface area contributed by atoms with Crippen molar-refractivity contribution in [3.8, 4) is 17.2 Å². The highest BCUT2D eigenvalue weighted by Gasteiger charge is 2.12. The van der Waals surface area contributed by atoms with E-state index in [1.807, 2.05) is 6.07 Å². The van der Waals surface area contributed by atoms with Crippen molar-refractivity contribution in [2.45, 2.75) is 6.92 Å². The molecule has 3 rings (SSSR count). The molecule has 0 radical (unpaired) electrons. The number of rotatable bonds is 5. The van der Waals surface area contributed by atoms with E-state index >= 15 is 0 Å². The highest BCUT2D eigenvalue weighted by molar-refractivity contribution is 5.92. The smallest absolute Gasteiger partial charge is 0.343 e. The standard InChI is InChI=1S/C22H16O6/c1-15(23)26-19-11-7-16(8-12-19)22(25)28-20-13-9-17(10-14-20)21(24)27-18-5-3-2-4-6-18/h2-14H,1H3. The molecule has 6 heteroatoms. The lowest BCUT2D eigenvalue weighted by atomic mass is 10.2. The van der Waals surface area contributed by atoms with Crippen LogP contribution in [0, 0.1) is 0 Å². The molecule has 0 aliphatic rings.